The Bertz CT molecular complexity index is 171. The van der Waals surface area contributed by atoms with Crippen LogP contribution >= 0.6 is 11.9 Å². The molecule has 1 amide bonds. The summed E-state index contributed by atoms with van der Waals surface area (Å²) in [6.45, 7) is 0. The van der Waals surface area contributed by atoms with Crippen LogP contribution in [-0.2, 0) is 9.63 Å². The van der Waals surface area contributed by atoms with E-state index in [9.17, 15) is 9.59 Å². The van der Waals surface area contributed by atoms with Crippen LogP contribution in [0.25, 0.3) is 0 Å². The Morgan fingerprint density at radius 1 is 1.80 bits per heavy atom. The van der Waals surface area contributed by atoms with Gasteiger partial charge < -0.3 is 5.11 Å². The molecule has 0 unspecified atom stereocenters. The van der Waals surface area contributed by atoms with Crippen LogP contribution in [0.1, 0.15) is 6.42 Å². The summed E-state index contributed by atoms with van der Waals surface area (Å²) in [5, 5.41) is 8.06. The first kappa shape index (κ1) is 7.20. The lowest BCUT2D eigenvalue weighted by Crippen LogP contribution is -2.21. The van der Waals surface area contributed by atoms with Gasteiger partial charge >= 0.3 is 6.16 Å². The highest BCUT2D eigenvalue weighted by Crippen LogP contribution is 2.21. The van der Waals surface area contributed by atoms with Gasteiger partial charge in [-0.15, -0.1) is 4.47 Å². The van der Waals surface area contributed by atoms with Crippen LogP contribution in [0.5, 0.6) is 0 Å². The highest BCUT2D eigenvalue weighted by molar-refractivity contribution is 7.97. The third-order valence-electron chi connectivity index (χ3n) is 0.889. The molecule has 1 N–H and O–H groups in total. The van der Waals surface area contributed by atoms with Crippen molar-refractivity contribution >= 4 is 24.0 Å². The maximum Gasteiger partial charge on any atom is 0.531 e. The summed E-state index contributed by atoms with van der Waals surface area (Å²) in [7, 11) is 0. The van der Waals surface area contributed by atoms with Gasteiger partial charge in [-0.2, -0.15) is 0 Å². The van der Waals surface area contributed by atoms with E-state index < -0.39 is 6.16 Å². The molecule has 0 atom stereocenters. The molecule has 0 aromatic rings. The molecule has 56 valence electrons. The van der Waals surface area contributed by atoms with Crippen LogP contribution in [0, 0.1) is 0 Å². The minimum Gasteiger partial charge on any atom is -0.448 e. The number of carbonyl (C=O) groups excluding carboxylic acids is 1. The average Bonchev–Trinajstić information content (AvgIpc) is 2.15. The SMILES string of the molecule is O=C(O)ON1SCCC1=O. The van der Waals surface area contributed by atoms with E-state index in [-0.39, 0.29) is 5.91 Å². The van der Waals surface area contributed by atoms with Crippen molar-refractivity contribution in [1.82, 2.24) is 4.47 Å². The van der Waals surface area contributed by atoms with E-state index in [4.69, 9.17) is 5.11 Å². The maximum absolute atomic E-state index is 10.6. The molecule has 0 spiro atoms. The molecule has 1 heterocycles. The summed E-state index contributed by atoms with van der Waals surface area (Å²) < 4.78 is 0.780. The number of carboxylic acid groups (broad SMARTS) is 1. The molecule has 0 aromatic heterocycles. The predicted molar refractivity (Wildman–Crippen MR) is 33.0 cm³/mol. The van der Waals surface area contributed by atoms with Crippen LogP contribution in [0.4, 0.5) is 4.79 Å². The normalized spacial score (nSPS) is 17.6. The van der Waals surface area contributed by atoms with E-state index >= 15 is 0 Å². The molecule has 5 nitrogen and oxygen atoms in total. The minimum absolute atomic E-state index is 0.299. The van der Waals surface area contributed by atoms with Crippen LogP contribution in [0.2, 0.25) is 0 Å². The summed E-state index contributed by atoms with van der Waals surface area (Å²) in [6, 6.07) is 0. The summed E-state index contributed by atoms with van der Waals surface area (Å²) in [6.07, 6.45) is -1.11. The summed E-state index contributed by atoms with van der Waals surface area (Å²) in [4.78, 5) is 24.6. The first-order chi connectivity index (χ1) is 4.70. The Morgan fingerprint density at radius 2 is 2.50 bits per heavy atom. The fourth-order valence-electron chi connectivity index (χ4n) is 0.527. The Hall–Kier alpha value is -0.910. The topological polar surface area (TPSA) is 66.8 Å². The first-order valence-corrected chi connectivity index (χ1v) is 3.51. The van der Waals surface area contributed by atoms with Gasteiger partial charge in [-0.05, 0) is 11.9 Å². The van der Waals surface area contributed by atoms with Crippen LogP contribution in [-0.4, -0.2) is 27.4 Å². The zero-order chi connectivity index (χ0) is 7.56. The van der Waals surface area contributed by atoms with E-state index in [1.54, 1.807) is 0 Å². The predicted octanol–water partition coefficient (Wildman–Crippen LogP) is 0.476. The number of carbonyl (C=O) groups is 2. The standard InChI is InChI=1S/C4H5NO4S/c6-3-1-2-10-5(3)9-4(7)8/h1-2H2,(H,7,8). The molecular formula is C4H5NO4S. The minimum atomic E-state index is -1.46. The number of hydrogen-bond acceptors (Lipinski definition) is 4. The fraction of sp³-hybridized carbons (Fsp3) is 0.500. The van der Waals surface area contributed by atoms with Crippen molar-refractivity contribution in [3.63, 3.8) is 0 Å². The van der Waals surface area contributed by atoms with E-state index in [0.29, 0.717) is 12.2 Å². The van der Waals surface area contributed by atoms with Crippen molar-refractivity contribution in [2.45, 2.75) is 6.42 Å². The van der Waals surface area contributed by atoms with E-state index in [1.165, 1.54) is 0 Å². The van der Waals surface area contributed by atoms with Crippen LogP contribution in [0.3, 0.4) is 0 Å². The van der Waals surface area contributed by atoms with Gasteiger partial charge in [0.05, 0.1) is 0 Å². The molecule has 1 aliphatic rings. The fourth-order valence-corrected chi connectivity index (χ4v) is 1.31. The monoisotopic (exact) mass is 163 g/mol. The lowest BCUT2D eigenvalue weighted by atomic mass is 10.5. The smallest absolute Gasteiger partial charge is 0.448 e. The number of hydrogen-bond donors (Lipinski definition) is 1. The van der Waals surface area contributed by atoms with Crippen molar-refractivity contribution in [2.24, 2.45) is 0 Å². The Balaban J connectivity index is 2.40. The molecule has 1 aliphatic heterocycles. The molecular weight excluding hydrogens is 158 g/mol. The van der Waals surface area contributed by atoms with Gasteiger partial charge in [0.25, 0.3) is 5.91 Å². The second kappa shape index (κ2) is 2.78. The molecule has 6 heteroatoms. The molecule has 10 heavy (non-hydrogen) atoms. The number of amides is 1. The molecule has 1 rings (SSSR count). The van der Waals surface area contributed by atoms with Crippen molar-refractivity contribution in [3.8, 4) is 0 Å². The Morgan fingerprint density at radius 3 is 2.90 bits per heavy atom. The lowest BCUT2D eigenvalue weighted by Gasteiger charge is -2.08. The second-order valence-corrected chi connectivity index (χ2v) is 2.59. The van der Waals surface area contributed by atoms with Crippen molar-refractivity contribution in [2.75, 3.05) is 5.75 Å². The quantitative estimate of drug-likeness (QED) is 0.569. The van der Waals surface area contributed by atoms with Gasteiger partial charge in [-0.1, -0.05) is 0 Å². The molecule has 0 saturated carbocycles. The summed E-state index contributed by atoms with van der Waals surface area (Å²) in [5.41, 5.74) is 0. The van der Waals surface area contributed by atoms with Gasteiger partial charge in [0.15, 0.2) is 0 Å². The number of hydroxylamine groups is 1. The van der Waals surface area contributed by atoms with Crippen molar-refractivity contribution < 1.29 is 19.5 Å². The third-order valence-corrected chi connectivity index (χ3v) is 1.79. The second-order valence-electron chi connectivity index (χ2n) is 1.59. The largest absolute Gasteiger partial charge is 0.531 e. The van der Waals surface area contributed by atoms with Gasteiger partial charge in [0.2, 0.25) is 0 Å². The van der Waals surface area contributed by atoms with Gasteiger partial charge in [-0.3, -0.25) is 9.63 Å². The number of nitrogens with zero attached hydrogens (tertiary/aromatic N) is 1. The molecule has 1 saturated heterocycles. The molecule has 0 aliphatic carbocycles. The summed E-state index contributed by atoms with van der Waals surface area (Å²) >= 11 is 1.06. The Labute approximate surface area is 61.0 Å². The van der Waals surface area contributed by atoms with Crippen molar-refractivity contribution in [1.29, 1.82) is 0 Å². The van der Waals surface area contributed by atoms with Gasteiger partial charge in [-0.25, -0.2) is 4.79 Å². The average molecular weight is 163 g/mol. The molecule has 0 aromatic carbocycles. The molecule has 1 fully saturated rings. The van der Waals surface area contributed by atoms with Crippen LogP contribution < -0.4 is 0 Å². The molecule has 0 radical (unpaired) electrons. The van der Waals surface area contributed by atoms with E-state index in [1.807, 2.05) is 0 Å². The van der Waals surface area contributed by atoms with E-state index in [0.717, 1.165) is 16.4 Å². The number of rotatable bonds is 1. The van der Waals surface area contributed by atoms with Crippen LogP contribution in [0.15, 0.2) is 0 Å². The summed E-state index contributed by atoms with van der Waals surface area (Å²) in [5.74, 6) is 0.291. The highest BCUT2D eigenvalue weighted by atomic mass is 32.2. The Kier molecular flexibility index (Phi) is 2.00. The lowest BCUT2D eigenvalue weighted by molar-refractivity contribution is -0.145. The highest BCUT2D eigenvalue weighted by Gasteiger charge is 2.25. The van der Waals surface area contributed by atoms with Crippen molar-refractivity contribution in [3.05, 3.63) is 0 Å². The zero-order valence-corrected chi connectivity index (χ0v) is 5.76. The maximum atomic E-state index is 10.6. The first-order valence-electron chi connectivity index (χ1n) is 2.57. The third kappa shape index (κ3) is 1.53. The van der Waals surface area contributed by atoms with Gasteiger partial charge in [0.1, 0.15) is 0 Å². The molecule has 0 bridgehead atoms. The van der Waals surface area contributed by atoms with Gasteiger partial charge in [0, 0.05) is 12.2 Å². The van der Waals surface area contributed by atoms with E-state index in [2.05, 4.69) is 4.84 Å². The zero-order valence-electron chi connectivity index (χ0n) is 4.94.